The Bertz CT molecular complexity index is 647. The quantitative estimate of drug-likeness (QED) is 0.423. The molecule has 0 fully saturated rings. The van der Waals surface area contributed by atoms with Crippen LogP contribution in [0.3, 0.4) is 0 Å². The van der Waals surface area contributed by atoms with Gasteiger partial charge in [0.1, 0.15) is 12.6 Å². The van der Waals surface area contributed by atoms with Gasteiger partial charge in [0.25, 0.3) is 0 Å². The molecule has 0 spiro atoms. The Labute approximate surface area is 157 Å². The highest BCUT2D eigenvalue weighted by Gasteiger charge is 2.41. The van der Waals surface area contributed by atoms with Gasteiger partial charge < -0.3 is 25.3 Å². The number of rotatable bonds is 10. The molecule has 0 heterocycles. The molecule has 9 nitrogen and oxygen atoms in total. The summed E-state index contributed by atoms with van der Waals surface area (Å²) >= 11 is 0. The summed E-state index contributed by atoms with van der Waals surface area (Å²) in [7, 11) is 2.19. The molecule has 0 radical (unpaired) electrons. The van der Waals surface area contributed by atoms with E-state index in [2.05, 4.69) is 14.8 Å². The second-order valence-electron chi connectivity index (χ2n) is 5.81. The first-order valence-corrected chi connectivity index (χ1v) is 8.17. The zero-order valence-corrected chi connectivity index (χ0v) is 15.5. The first-order chi connectivity index (χ1) is 12.8. The van der Waals surface area contributed by atoms with E-state index in [-0.39, 0.29) is 13.2 Å². The molecule has 9 heteroatoms. The second kappa shape index (κ2) is 10.9. The van der Waals surface area contributed by atoms with Crippen molar-refractivity contribution < 1.29 is 33.4 Å². The summed E-state index contributed by atoms with van der Waals surface area (Å²) in [5.74, 6) is -5.71. The molecule has 3 N–H and O–H groups in total. The third-order valence-corrected chi connectivity index (χ3v) is 3.93. The van der Waals surface area contributed by atoms with E-state index < -0.39 is 41.6 Å². The summed E-state index contributed by atoms with van der Waals surface area (Å²) in [6.45, 7) is 1.30. The Balaban J connectivity index is 2.72. The number of benzene rings is 1. The maximum absolute atomic E-state index is 12.1. The SMILES string of the molecule is COC(=O)C(C(=O)OC)[C@@H](C)[C@@H](NC(=O)COCc1ccccc1)C(N)=O. The maximum atomic E-state index is 12.1. The van der Waals surface area contributed by atoms with Crippen molar-refractivity contribution >= 4 is 23.8 Å². The van der Waals surface area contributed by atoms with Crippen LogP contribution in [0.2, 0.25) is 0 Å². The van der Waals surface area contributed by atoms with Crippen LogP contribution in [0.15, 0.2) is 30.3 Å². The van der Waals surface area contributed by atoms with Gasteiger partial charge in [0.05, 0.1) is 20.8 Å². The normalized spacial score (nSPS) is 12.7. The average Bonchev–Trinajstić information content (AvgIpc) is 2.66. The maximum Gasteiger partial charge on any atom is 0.320 e. The zero-order valence-electron chi connectivity index (χ0n) is 15.5. The summed E-state index contributed by atoms with van der Waals surface area (Å²) in [5, 5.41) is 2.39. The van der Waals surface area contributed by atoms with Gasteiger partial charge in [-0.05, 0) is 5.56 Å². The van der Waals surface area contributed by atoms with E-state index in [1.807, 2.05) is 30.3 Å². The molecule has 0 bridgehead atoms. The molecule has 0 aliphatic heterocycles. The van der Waals surface area contributed by atoms with Crippen molar-refractivity contribution in [3.8, 4) is 0 Å². The number of carbonyl (C=O) groups is 4. The van der Waals surface area contributed by atoms with Gasteiger partial charge in [-0.25, -0.2) is 0 Å². The fraction of sp³-hybridized carbons (Fsp3) is 0.444. The molecule has 0 aliphatic rings. The Morgan fingerprint density at radius 1 is 1.04 bits per heavy atom. The number of methoxy groups -OCH3 is 2. The van der Waals surface area contributed by atoms with Crippen LogP contribution < -0.4 is 11.1 Å². The summed E-state index contributed by atoms with van der Waals surface area (Å²) in [6, 6.07) is 7.91. The van der Waals surface area contributed by atoms with E-state index in [0.717, 1.165) is 19.8 Å². The average molecular weight is 380 g/mol. The van der Waals surface area contributed by atoms with Crippen molar-refractivity contribution in [1.29, 1.82) is 0 Å². The molecule has 2 amide bonds. The number of nitrogens with one attached hydrogen (secondary N) is 1. The molecule has 1 aromatic rings. The highest BCUT2D eigenvalue weighted by Crippen LogP contribution is 2.19. The third-order valence-electron chi connectivity index (χ3n) is 3.93. The number of hydrogen-bond acceptors (Lipinski definition) is 7. The number of carbonyl (C=O) groups excluding carboxylic acids is 4. The lowest BCUT2D eigenvalue weighted by Crippen LogP contribution is -2.53. The topological polar surface area (TPSA) is 134 Å². The smallest absolute Gasteiger partial charge is 0.320 e. The van der Waals surface area contributed by atoms with Gasteiger partial charge in [0.15, 0.2) is 5.92 Å². The van der Waals surface area contributed by atoms with Crippen LogP contribution in [0.5, 0.6) is 0 Å². The molecule has 2 atom stereocenters. The summed E-state index contributed by atoms with van der Waals surface area (Å²) in [4.78, 5) is 47.6. The second-order valence-corrected chi connectivity index (χ2v) is 5.81. The van der Waals surface area contributed by atoms with Crippen LogP contribution in [0, 0.1) is 11.8 Å². The number of nitrogens with two attached hydrogens (primary N) is 1. The van der Waals surface area contributed by atoms with Crippen LogP contribution in [0.1, 0.15) is 12.5 Å². The molecule has 1 aromatic carbocycles. The lowest BCUT2D eigenvalue weighted by Gasteiger charge is -2.26. The van der Waals surface area contributed by atoms with Crippen LogP contribution in [0.4, 0.5) is 0 Å². The Morgan fingerprint density at radius 3 is 2.07 bits per heavy atom. The molecular weight excluding hydrogens is 356 g/mol. The predicted octanol–water partition coefficient (Wildman–Crippen LogP) is -0.228. The number of hydrogen-bond donors (Lipinski definition) is 2. The van der Waals surface area contributed by atoms with E-state index in [1.165, 1.54) is 6.92 Å². The summed E-state index contributed by atoms with van der Waals surface area (Å²) in [6.07, 6.45) is 0. The minimum Gasteiger partial charge on any atom is -0.468 e. The Kier molecular flexibility index (Phi) is 8.94. The first-order valence-electron chi connectivity index (χ1n) is 8.17. The fourth-order valence-electron chi connectivity index (χ4n) is 2.48. The van der Waals surface area contributed by atoms with E-state index in [0.29, 0.717) is 0 Å². The van der Waals surface area contributed by atoms with Crippen LogP contribution in [-0.2, 0) is 40.0 Å². The van der Waals surface area contributed by atoms with Gasteiger partial charge in [0, 0.05) is 5.92 Å². The van der Waals surface area contributed by atoms with Crippen molar-refractivity contribution in [3.63, 3.8) is 0 Å². The van der Waals surface area contributed by atoms with Gasteiger partial charge in [-0.1, -0.05) is 37.3 Å². The number of ether oxygens (including phenoxy) is 3. The van der Waals surface area contributed by atoms with Gasteiger partial charge >= 0.3 is 11.9 Å². The minimum absolute atomic E-state index is 0.206. The van der Waals surface area contributed by atoms with Crippen LogP contribution in [0.25, 0.3) is 0 Å². The van der Waals surface area contributed by atoms with Crippen molar-refractivity contribution in [2.45, 2.75) is 19.6 Å². The van der Waals surface area contributed by atoms with E-state index in [4.69, 9.17) is 10.5 Å². The first kappa shape index (κ1) is 22.1. The van der Waals surface area contributed by atoms with Crippen molar-refractivity contribution in [3.05, 3.63) is 35.9 Å². The van der Waals surface area contributed by atoms with Crippen molar-refractivity contribution in [1.82, 2.24) is 5.32 Å². The van der Waals surface area contributed by atoms with E-state index in [9.17, 15) is 19.2 Å². The van der Waals surface area contributed by atoms with Crippen LogP contribution in [-0.4, -0.2) is 50.6 Å². The minimum atomic E-state index is -1.41. The zero-order chi connectivity index (χ0) is 20.4. The molecule has 27 heavy (non-hydrogen) atoms. The Morgan fingerprint density at radius 2 is 1.59 bits per heavy atom. The monoisotopic (exact) mass is 380 g/mol. The van der Waals surface area contributed by atoms with Crippen LogP contribution >= 0.6 is 0 Å². The number of primary amides is 1. The highest BCUT2D eigenvalue weighted by molar-refractivity contribution is 5.97. The largest absolute Gasteiger partial charge is 0.468 e. The van der Waals surface area contributed by atoms with Gasteiger partial charge in [0.2, 0.25) is 11.8 Å². The van der Waals surface area contributed by atoms with Crippen molar-refractivity contribution in [2.24, 2.45) is 17.6 Å². The van der Waals surface area contributed by atoms with E-state index >= 15 is 0 Å². The Hall–Kier alpha value is -2.94. The predicted molar refractivity (Wildman–Crippen MR) is 93.9 cm³/mol. The van der Waals surface area contributed by atoms with Crippen molar-refractivity contribution in [2.75, 3.05) is 20.8 Å². The number of esters is 2. The summed E-state index contributed by atoms with van der Waals surface area (Å²) < 4.78 is 14.4. The molecule has 0 unspecified atom stereocenters. The molecule has 0 aromatic heterocycles. The lowest BCUT2D eigenvalue weighted by molar-refractivity contribution is -0.162. The van der Waals surface area contributed by atoms with E-state index in [1.54, 1.807) is 0 Å². The van der Waals surface area contributed by atoms with Gasteiger partial charge in [-0.3, -0.25) is 19.2 Å². The molecule has 0 saturated heterocycles. The number of amides is 2. The van der Waals surface area contributed by atoms with Gasteiger partial charge in [-0.15, -0.1) is 0 Å². The lowest BCUT2D eigenvalue weighted by atomic mass is 9.87. The molecule has 0 aliphatic carbocycles. The van der Waals surface area contributed by atoms with Gasteiger partial charge in [-0.2, -0.15) is 0 Å². The fourth-order valence-corrected chi connectivity index (χ4v) is 2.48. The molecule has 1 rings (SSSR count). The standard InChI is InChI=1S/C18H24N2O7/c1-11(14(17(23)25-2)18(24)26-3)15(16(19)22)20-13(21)10-27-9-12-7-5-4-6-8-12/h4-8,11,14-15H,9-10H2,1-3H3,(H2,19,22)(H,20,21)/t11-,15-/m1/s1. The molecule has 148 valence electrons. The third kappa shape index (κ3) is 6.70. The molecule has 0 saturated carbocycles. The molecular formula is C18H24N2O7. The summed E-state index contributed by atoms with van der Waals surface area (Å²) in [5.41, 5.74) is 6.20. The highest BCUT2D eigenvalue weighted by atomic mass is 16.5.